The molecular weight excluding hydrogens is 178 g/mol. The van der Waals surface area contributed by atoms with Gasteiger partial charge in [-0.2, -0.15) is 0 Å². The maximum Gasteiger partial charge on any atom is 0.251 e. The number of likely N-dealkylation sites (N-methyl/N-ethyl adjacent to an activating group) is 1. The SMILES string of the molecule is CC1CN(C)C(=O)CN1CC(F)F. The number of carbonyl (C=O) groups excluding carboxylic acids is 1. The van der Waals surface area contributed by atoms with E-state index in [1.807, 2.05) is 6.92 Å². The second-order valence-electron chi connectivity index (χ2n) is 3.44. The number of hydrogen-bond acceptors (Lipinski definition) is 2. The van der Waals surface area contributed by atoms with Crippen LogP contribution in [0.3, 0.4) is 0 Å². The van der Waals surface area contributed by atoms with Crippen LogP contribution in [-0.4, -0.2) is 54.9 Å². The molecule has 1 unspecified atom stereocenters. The lowest BCUT2D eigenvalue weighted by atomic mass is 10.2. The molecule has 76 valence electrons. The van der Waals surface area contributed by atoms with Crippen LogP contribution in [0.5, 0.6) is 0 Å². The number of nitrogens with zero attached hydrogens (tertiary/aromatic N) is 2. The molecule has 3 nitrogen and oxygen atoms in total. The first kappa shape index (κ1) is 10.4. The van der Waals surface area contributed by atoms with Crippen molar-refractivity contribution in [2.75, 3.05) is 26.7 Å². The standard InChI is InChI=1S/C8H14F2N2O/c1-6-3-11(2)8(13)5-12(6)4-7(9)10/h6-7H,3-5H2,1-2H3. The van der Waals surface area contributed by atoms with Crippen LogP contribution >= 0.6 is 0 Å². The summed E-state index contributed by atoms with van der Waals surface area (Å²) in [5, 5.41) is 0. The van der Waals surface area contributed by atoms with Gasteiger partial charge in [0.1, 0.15) is 0 Å². The van der Waals surface area contributed by atoms with Crippen molar-refractivity contribution in [1.29, 1.82) is 0 Å². The monoisotopic (exact) mass is 192 g/mol. The minimum Gasteiger partial charge on any atom is -0.343 e. The molecule has 0 radical (unpaired) electrons. The molecule has 0 spiro atoms. The number of hydrogen-bond donors (Lipinski definition) is 0. The summed E-state index contributed by atoms with van der Waals surface area (Å²) in [6, 6.07) is 0.0247. The zero-order valence-electron chi connectivity index (χ0n) is 7.83. The van der Waals surface area contributed by atoms with Crippen LogP contribution in [0, 0.1) is 0 Å². The van der Waals surface area contributed by atoms with E-state index in [0.717, 1.165) is 0 Å². The molecule has 1 fully saturated rings. The quantitative estimate of drug-likeness (QED) is 0.633. The van der Waals surface area contributed by atoms with E-state index in [9.17, 15) is 13.6 Å². The summed E-state index contributed by atoms with van der Waals surface area (Å²) in [6.45, 7) is 2.19. The van der Waals surface area contributed by atoms with E-state index in [2.05, 4.69) is 0 Å². The number of halogens is 2. The van der Waals surface area contributed by atoms with E-state index in [1.165, 1.54) is 4.90 Å². The molecule has 0 aromatic rings. The molecule has 0 saturated carbocycles. The molecule has 1 rings (SSSR count). The molecule has 1 atom stereocenters. The lowest BCUT2D eigenvalue weighted by Crippen LogP contribution is -2.54. The summed E-state index contributed by atoms with van der Waals surface area (Å²) >= 11 is 0. The first-order chi connectivity index (χ1) is 6.00. The zero-order chi connectivity index (χ0) is 10.0. The maximum absolute atomic E-state index is 12.1. The third-order valence-electron chi connectivity index (χ3n) is 2.30. The number of amides is 1. The number of carbonyl (C=O) groups is 1. The maximum atomic E-state index is 12.1. The van der Waals surface area contributed by atoms with Gasteiger partial charge < -0.3 is 4.90 Å². The Balaban J connectivity index is 2.51. The summed E-state index contributed by atoms with van der Waals surface area (Å²) in [4.78, 5) is 14.3. The Bertz CT molecular complexity index is 199. The third-order valence-corrected chi connectivity index (χ3v) is 2.30. The van der Waals surface area contributed by atoms with E-state index < -0.39 is 6.43 Å². The van der Waals surface area contributed by atoms with Crippen LogP contribution < -0.4 is 0 Å². The Morgan fingerprint density at radius 3 is 2.77 bits per heavy atom. The first-order valence-electron chi connectivity index (χ1n) is 4.27. The molecule has 0 N–H and O–H groups in total. The van der Waals surface area contributed by atoms with Crippen LogP contribution in [-0.2, 0) is 4.79 Å². The van der Waals surface area contributed by atoms with Crippen molar-refractivity contribution >= 4 is 5.91 Å². The van der Waals surface area contributed by atoms with E-state index >= 15 is 0 Å². The smallest absolute Gasteiger partial charge is 0.251 e. The fourth-order valence-corrected chi connectivity index (χ4v) is 1.49. The summed E-state index contributed by atoms with van der Waals surface area (Å²) in [5.74, 6) is -0.0845. The Hall–Kier alpha value is -0.710. The van der Waals surface area contributed by atoms with Crippen LogP contribution in [0.15, 0.2) is 0 Å². The number of alkyl halides is 2. The first-order valence-corrected chi connectivity index (χ1v) is 4.27. The van der Waals surface area contributed by atoms with Crippen molar-refractivity contribution in [1.82, 2.24) is 9.80 Å². The molecule has 1 amide bonds. The van der Waals surface area contributed by atoms with Gasteiger partial charge in [0.2, 0.25) is 5.91 Å². The van der Waals surface area contributed by atoms with Crippen LogP contribution in [0.25, 0.3) is 0 Å². The summed E-state index contributed by atoms with van der Waals surface area (Å²) in [7, 11) is 1.69. The number of rotatable bonds is 2. The van der Waals surface area contributed by atoms with Crippen LogP contribution in [0.1, 0.15) is 6.92 Å². The van der Waals surface area contributed by atoms with Gasteiger partial charge in [-0.25, -0.2) is 8.78 Å². The van der Waals surface area contributed by atoms with Gasteiger partial charge in [0, 0.05) is 19.6 Å². The molecule has 1 heterocycles. The van der Waals surface area contributed by atoms with E-state index in [-0.39, 0.29) is 25.0 Å². The van der Waals surface area contributed by atoms with E-state index in [0.29, 0.717) is 6.54 Å². The predicted molar refractivity (Wildman–Crippen MR) is 44.7 cm³/mol. The summed E-state index contributed by atoms with van der Waals surface area (Å²) < 4.78 is 24.1. The lowest BCUT2D eigenvalue weighted by molar-refractivity contribution is -0.137. The molecular formula is C8H14F2N2O. The minimum atomic E-state index is -2.36. The molecule has 1 saturated heterocycles. The van der Waals surface area contributed by atoms with Crippen molar-refractivity contribution in [2.45, 2.75) is 19.4 Å². The van der Waals surface area contributed by atoms with Crippen molar-refractivity contribution in [3.8, 4) is 0 Å². The summed E-state index contributed by atoms with van der Waals surface area (Å²) in [6.07, 6.45) is -2.36. The second-order valence-corrected chi connectivity index (χ2v) is 3.44. The average Bonchev–Trinajstić information content (AvgIpc) is 1.99. The topological polar surface area (TPSA) is 23.6 Å². The highest BCUT2D eigenvalue weighted by Gasteiger charge is 2.28. The highest BCUT2D eigenvalue weighted by Crippen LogP contribution is 2.10. The molecule has 1 aliphatic rings. The highest BCUT2D eigenvalue weighted by molar-refractivity contribution is 5.78. The van der Waals surface area contributed by atoms with Crippen LogP contribution in [0.4, 0.5) is 8.78 Å². The van der Waals surface area contributed by atoms with E-state index in [1.54, 1.807) is 11.9 Å². The molecule has 13 heavy (non-hydrogen) atoms. The van der Waals surface area contributed by atoms with Crippen molar-refractivity contribution < 1.29 is 13.6 Å². The second kappa shape index (κ2) is 4.00. The Morgan fingerprint density at radius 2 is 2.23 bits per heavy atom. The largest absolute Gasteiger partial charge is 0.343 e. The Morgan fingerprint density at radius 1 is 1.62 bits per heavy atom. The van der Waals surface area contributed by atoms with Gasteiger partial charge in [0.05, 0.1) is 13.1 Å². The molecule has 0 aromatic heterocycles. The van der Waals surface area contributed by atoms with Crippen molar-refractivity contribution in [3.63, 3.8) is 0 Å². The lowest BCUT2D eigenvalue weighted by Gasteiger charge is -2.37. The fraction of sp³-hybridized carbons (Fsp3) is 0.875. The fourth-order valence-electron chi connectivity index (χ4n) is 1.49. The van der Waals surface area contributed by atoms with Gasteiger partial charge in [0.25, 0.3) is 6.43 Å². The van der Waals surface area contributed by atoms with Crippen LogP contribution in [0.2, 0.25) is 0 Å². The zero-order valence-corrected chi connectivity index (χ0v) is 7.83. The van der Waals surface area contributed by atoms with Gasteiger partial charge in [0.15, 0.2) is 0 Å². The highest BCUT2D eigenvalue weighted by atomic mass is 19.3. The molecule has 0 aromatic carbocycles. The molecule has 0 aliphatic carbocycles. The van der Waals surface area contributed by atoms with Crippen molar-refractivity contribution in [3.05, 3.63) is 0 Å². The average molecular weight is 192 g/mol. The summed E-state index contributed by atoms with van der Waals surface area (Å²) in [5.41, 5.74) is 0. The number of piperazine rings is 1. The molecule has 5 heteroatoms. The van der Waals surface area contributed by atoms with Gasteiger partial charge in [-0.05, 0) is 6.92 Å². The predicted octanol–water partition coefficient (Wildman–Crippen LogP) is 0.414. The van der Waals surface area contributed by atoms with E-state index in [4.69, 9.17) is 0 Å². The van der Waals surface area contributed by atoms with Gasteiger partial charge in [-0.15, -0.1) is 0 Å². The van der Waals surface area contributed by atoms with Crippen molar-refractivity contribution in [2.24, 2.45) is 0 Å². The van der Waals surface area contributed by atoms with Gasteiger partial charge in [-0.1, -0.05) is 0 Å². The Labute approximate surface area is 76.3 Å². The third kappa shape index (κ3) is 2.62. The normalized spacial score (nSPS) is 25.8. The Kier molecular flexibility index (Phi) is 3.19. The molecule has 0 bridgehead atoms. The van der Waals surface area contributed by atoms with Gasteiger partial charge in [-0.3, -0.25) is 9.69 Å². The minimum absolute atomic E-state index is 0.0247. The molecule has 1 aliphatic heterocycles. The van der Waals surface area contributed by atoms with Gasteiger partial charge >= 0.3 is 0 Å².